The van der Waals surface area contributed by atoms with Gasteiger partial charge in [0.2, 0.25) is 0 Å². The summed E-state index contributed by atoms with van der Waals surface area (Å²) in [5.74, 6) is 0.0654. The lowest BCUT2D eigenvalue weighted by molar-refractivity contribution is 0.0928. The molecule has 18 heavy (non-hydrogen) atoms. The third kappa shape index (κ3) is 3.71. The fourth-order valence-corrected chi connectivity index (χ4v) is 2.04. The first-order valence-corrected chi connectivity index (χ1v) is 6.29. The smallest absolute Gasteiger partial charge is 0.178 e. The minimum Gasteiger partial charge on any atom is -0.362 e. The van der Waals surface area contributed by atoms with Crippen molar-refractivity contribution in [2.75, 3.05) is 19.6 Å². The second-order valence-corrected chi connectivity index (χ2v) is 4.77. The molecule has 0 aliphatic heterocycles. The van der Waals surface area contributed by atoms with Crippen LogP contribution in [0.25, 0.3) is 0 Å². The molecule has 0 radical (unpaired) electrons. The van der Waals surface area contributed by atoms with Crippen LogP contribution in [0.2, 0.25) is 0 Å². The summed E-state index contributed by atoms with van der Waals surface area (Å²) in [6, 6.07) is 4.09. The summed E-state index contributed by atoms with van der Waals surface area (Å²) in [7, 11) is 0. The number of carbonyl (C=O) groups excluding carboxylic acids is 1. The second-order valence-electron chi connectivity index (χ2n) is 4.77. The molecule has 0 spiro atoms. The molecule has 1 aromatic rings. The van der Waals surface area contributed by atoms with Crippen LogP contribution in [0.5, 0.6) is 0 Å². The minimum atomic E-state index is -0.0493. The molecule has 0 aliphatic rings. The van der Waals surface area contributed by atoms with E-state index in [-0.39, 0.29) is 11.7 Å². The van der Waals surface area contributed by atoms with E-state index in [1.165, 1.54) is 0 Å². The van der Waals surface area contributed by atoms with Crippen LogP contribution < -0.4 is 0 Å². The summed E-state index contributed by atoms with van der Waals surface area (Å²) < 4.78 is 0. The molecule has 0 aromatic carbocycles. The summed E-state index contributed by atoms with van der Waals surface area (Å²) in [5.41, 5.74) is 2.68. The van der Waals surface area contributed by atoms with E-state index in [0.29, 0.717) is 13.1 Å². The number of rotatable bonds is 6. The van der Waals surface area contributed by atoms with Crippen molar-refractivity contribution < 1.29 is 4.79 Å². The number of nitrogens with one attached hydrogen (secondary N) is 1. The van der Waals surface area contributed by atoms with Gasteiger partial charge >= 0.3 is 0 Å². The van der Waals surface area contributed by atoms with Gasteiger partial charge in [-0.25, -0.2) is 0 Å². The molecule has 4 nitrogen and oxygen atoms in total. The topological polar surface area (TPSA) is 59.9 Å². The summed E-state index contributed by atoms with van der Waals surface area (Å²) >= 11 is 0. The third-order valence-electron chi connectivity index (χ3n) is 3.02. The number of hydrogen-bond donors (Lipinski definition) is 1. The van der Waals surface area contributed by atoms with Gasteiger partial charge in [-0.2, -0.15) is 5.26 Å². The molecule has 0 bridgehead atoms. The van der Waals surface area contributed by atoms with Crippen molar-refractivity contribution in [2.45, 2.75) is 27.7 Å². The van der Waals surface area contributed by atoms with Gasteiger partial charge in [0.05, 0.1) is 18.5 Å². The van der Waals surface area contributed by atoms with Crippen molar-refractivity contribution in [3.05, 3.63) is 23.0 Å². The van der Waals surface area contributed by atoms with Gasteiger partial charge in [0.15, 0.2) is 5.78 Å². The molecule has 98 valence electrons. The molecule has 1 atom stereocenters. The maximum Gasteiger partial charge on any atom is 0.178 e. The standard InChI is InChI=1S/C14H21N3O/c1-5-17(8-10(2)7-15)9-14(18)13-6-11(3)16-12(13)4/h6,10,16H,5,8-9H2,1-4H3. The van der Waals surface area contributed by atoms with Crippen molar-refractivity contribution in [1.29, 1.82) is 5.26 Å². The van der Waals surface area contributed by atoms with Crippen molar-refractivity contribution in [3.8, 4) is 6.07 Å². The van der Waals surface area contributed by atoms with Gasteiger partial charge in [0.25, 0.3) is 0 Å². The zero-order valence-electron chi connectivity index (χ0n) is 11.6. The van der Waals surface area contributed by atoms with E-state index < -0.39 is 0 Å². The van der Waals surface area contributed by atoms with Gasteiger partial charge in [0, 0.05) is 23.5 Å². The zero-order chi connectivity index (χ0) is 13.7. The van der Waals surface area contributed by atoms with E-state index in [9.17, 15) is 4.79 Å². The molecule has 1 heterocycles. The van der Waals surface area contributed by atoms with Gasteiger partial charge < -0.3 is 4.98 Å². The van der Waals surface area contributed by atoms with E-state index in [1.54, 1.807) is 0 Å². The SMILES string of the molecule is CCN(CC(=O)c1cc(C)[nH]c1C)CC(C)C#N. The van der Waals surface area contributed by atoms with Gasteiger partial charge in [-0.3, -0.25) is 9.69 Å². The van der Waals surface area contributed by atoms with Gasteiger partial charge in [-0.15, -0.1) is 0 Å². The number of carbonyl (C=O) groups is 1. The Labute approximate surface area is 109 Å². The largest absolute Gasteiger partial charge is 0.362 e. The fourth-order valence-electron chi connectivity index (χ4n) is 2.04. The molecule has 0 saturated carbocycles. The quantitative estimate of drug-likeness (QED) is 0.785. The van der Waals surface area contributed by atoms with E-state index in [4.69, 9.17) is 5.26 Å². The lowest BCUT2D eigenvalue weighted by atomic mass is 10.1. The van der Waals surface area contributed by atoms with Crippen molar-refractivity contribution in [2.24, 2.45) is 5.92 Å². The molecular weight excluding hydrogens is 226 g/mol. The third-order valence-corrected chi connectivity index (χ3v) is 3.02. The lowest BCUT2D eigenvalue weighted by Gasteiger charge is -2.20. The number of aryl methyl sites for hydroxylation is 2. The number of likely N-dealkylation sites (N-methyl/N-ethyl adjacent to an activating group) is 1. The summed E-state index contributed by atoms with van der Waals surface area (Å²) in [6.07, 6.45) is 0. The Morgan fingerprint density at radius 1 is 1.56 bits per heavy atom. The van der Waals surface area contributed by atoms with E-state index in [2.05, 4.69) is 11.1 Å². The van der Waals surface area contributed by atoms with Crippen LogP contribution in [0.15, 0.2) is 6.07 Å². The number of ketones is 1. The number of aromatic nitrogens is 1. The molecule has 1 unspecified atom stereocenters. The Kier molecular flexibility index (Phi) is 5.11. The molecule has 4 heteroatoms. The Bertz CT molecular complexity index is 456. The number of aromatic amines is 1. The monoisotopic (exact) mass is 247 g/mol. The highest BCUT2D eigenvalue weighted by Gasteiger charge is 2.16. The number of hydrogen-bond acceptors (Lipinski definition) is 3. The Morgan fingerprint density at radius 3 is 2.67 bits per heavy atom. The first-order chi connectivity index (χ1) is 8.47. The van der Waals surface area contributed by atoms with Gasteiger partial charge in [0.1, 0.15) is 0 Å². The Balaban J connectivity index is 2.68. The molecule has 1 rings (SSSR count). The van der Waals surface area contributed by atoms with E-state index in [0.717, 1.165) is 23.5 Å². The molecule has 0 amide bonds. The molecule has 1 N–H and O–H groups in total. The average molecular weight is 247 g/mol. The van der Waals surface area contributed by atoms with Crippen LogP contribution in [-0.2, 0) is 0 Å². The summed E-state index contributed by atoms with van der Waals surface area (Å²) in [4.78, 5) is 17.3. The van der Waals surface area contributed by atoms with Crippen molar-refractivity contribution in [3.63, 3.8) is 0 Å². The van der Waals surface area contributed by atoms with Crippen LogP contribution in [0.4, 0.5) is 0 Å². The van der Waals surface area contributed by atoms with Gasteiger partial charge in [-0.1, -0.05) is 6.92 Å². The van der Waals surface area contributed by atoms with E-state index in [1.807, 2.05) is 38.7 Å². The van der Waals surface area contributed by atoms with Crippen LogP contribution in [-0.4, -0.2) is 35.3 Å². The average Bonchev–Trinajstić information content (AvgIpc) is 2.67. The molecule has 0 fully saturated rings. The van der Waals surface area contributed by atoms with Crippen LogP contribution >= 0.6 is 0 Å². The molecular formula is C14H21N3O. The molecule has 1 aromatic heterocycles. The number of nitriles is 1. The van der Waals surface area contributed by atoms with Crippen molar-refractivity contribution >= 4 is 5.78 Å². The highest BCUT2D eigenvalue weighted by molar-refractivity contribution is 5.98. The predicted molar refractivity (Wildman–Crippen MR) is 71.5 cm³/mol. The van der Waals surface area contributed by atoms with E-state index >= 15 is 0 Å². The number of H-pyrrole nitrogens is 1. The Hall–Kier alpha value is -1.60. The van der Waals surface area contributed by atoms with Gasteiger partial charge in [-0.05, 0) is 33.4 Å². The first kappa shape index (κ1) is 14.5. The molecule has 0 saturated heterocycles. The summed E-state index contributed by atoms with van der Waals surface area (Å²) in [5, 5.41) is 8.81. The number of Topliss-reactive ketones (excluding diaryl/α,β-unsaturated/α-hetero) is 1. The highest BCUT2D eigenvalue weighted by atomic mass is 16.1. The minimum absolute atomic E-state index is 0.0493. The number of nitrogens with zero attached hydrogens (tertiary/aromatic N) is 2. The van der Waals surface area contributed by atoms with Crippen LogP contribution in [0.1, 0.15) is 35.6 Å². The predicted octanol–water partition coefficient (Wildman–Crippen LogP) is 2.30. The fraction of sp³-hybridized carbons (Fsp3) is 0.571. The highest BCUT2D eigenvalue weighted by Crippen LogP contribution is 2.11. The van der Waals surface area contributed by atoms with Crippen LogP contribution in [0.3, 0.4) is 0 Å². The normalized spacial score (nSPS) is 12.4. The molecule has 0 aliphatic carbocycles. The summed E-state index contributed by atoms with van der Waals surface area (Å²) in [6.45, 7) is 9.53. The van der Waals surface area contributed by atoms with Crippen LogP contribution in [0, 0.1) is 31.1 Å². The maximum atomic E-state index is 12.2. The lowest BCUT2D eigenvalue weighted by Crippen LogP contribution is -2.33. The Morgan fingerprint density at radius 2 is 2.22 bits per heavy atom. The maximum absolute atomic E-state index is 12.2. The zero-order valence-corrected chi connectivity index (χ0v) is 11.6. The van der Waals surface area contributed by atoms with Crippen molar-refractivity contribution in [1.82, 2.24) is 9.88 Å². The second kappa shape index (κ2) is 6.36. The first-order valence-electron chi connectivity index (χ1n) is 6.29.